The molecule has 2 aliphatic rings. The van der Waals surface area contributed by atoms with Crippen LogP contribution in [-0.2, 0) is 34.7 Å². The Labute approximate surface area is 366 Å². The van der Waals surface area contributed by atoms with Gasteiger partial charge >= 0.3 is 11.9 Å². The van der Waals surface area contributed by atoms with Crippen LogP contribution in [0.3, 0.4) is 0 Å². The number of nitrogens with zero attached hydrogens (tertiary/aromatic N) is 4. The summed E-state index contributed by atoms with van der Waals surface area (Å²) < 4.78 is 3.92. The minimum atomic E-state index is -0.906. The van der Waals surface area contributed by atoms with Gasteiger partial charge in [-0.2, -0.15) is 10.2 Å². The zero-order chi connectivity index (χ0) is 44.5. The number of carboxylic acids is 2. The minimum Gasteiger partial charge on any atom is -0.478 e. The molecule has 8 heteroatoms. The predicted molar refractivity (Wildman–Crippen MR) is 251 cm³/mol. The largest absolute Gasteiger partial charge is 0.478 e. The monoisotopic (exact) mass is 828 g/mol. The van der Waals surface area contributed by atoms with Crippen LogP contribution >= 0.6 is 0 Å². The van der Waals surface area contributed by atoms with Crippen LogP contribution in [0.5, 0.6) is 0 Å². The second-order valence-corrected chi connectivity index (χ2v) is 19.7. The maximum absolute atomic E-state index is 11.1. The van der Waals surface area contributed by atoms with E-state index in [1.54, 1.807) is 24.3 Å². The van der Waals surface area contributed by atoms with Gasteiger partial charge in [0.1, 0.15) is 0 Å². The second kappa shape index (κ2) is 17.2. The highest BCUT2D eigenvalue weighted by atomic mass is 16.4. The highest BCUT2D eigenvalue weighted by molar-refractivity contribution is 5.88. The van der Waals surface area contributed by atoms with Crippen molar-refractivity contribution in [3.05, 3.63) is 176 Å². The molecule has 0 amide bonds. The predicted octanol–water partition coefficient (Wildman–Crippen LogP) is 12.3. The molecule has 2 heterocycles. The Morgan fingerprint density at radius 3 is 1.13 bits per heavy atom. The Morgan fingerprint density at radius 1 is 0.516 bits per heavy atom. The van der Waals surface area contributed by atoms with Gasteiger partial charge in [-0.05, 0) is 139 Å². The fraction of sp³-hybridized carbons (Fsp3) is 0.333. The van der Waals surface area contributed by atoms with Gasteiger partial charge in [-0.15, -0.1) is 0 Å². The van der Waals surface area contributed by atoms with E-state index in [-0.39, 0.29) is 21.7 Å². The molecule has 2 N–H and O–H groups in total. The Hall–Kier alpha value is -6.28. The molecule has 2 aliphatic carbocycles. The van der Waals surface area contributed by atoms with E-state index in [4.69, 9.17) is 10.2 Å². The summed E-state index contributed by atoms with van der Waals surface area (Å²) in [5.41, 5.74) is 13.7. The molecule has 0 saturated heterocycles. The lowest BCUT2D eigenvalue weighted by molar-refractivity contribution is 0.0686. The van der Waals surface area contributed by atoms with Crippen LogP contribution < -0.4 is 0 Å². The molecule has 62 heavy (non-hydrogen) atoms. The molecule has 2 aromatic heterocycles. The molecule has 0 fully saturated rings. The molecule has 0 atom stereocenters. The lowest BCUT2D eigenvalue weighted by Gasteiger charge is -2.42. The number of hydrogen-bond donors (Lipinski definition) is 2. The molecule has 0 unspecified atom stereocenters. The van der Waals surface area contributed by atoms with E-state index in [1.807, 2.05) is 70.5 Å². The smallest absolute Gasteiger partial charge is 0.335 e. The molecule has 8 nitrogen and oxygen atoms in total. The summed E-state index contributed by atoms with van der Waals surface area (Å²) in [4.78, 5) is 22.2. The van der Waals surface area contributed by atoms with Gasteiger partial charge in [0.25, 0.3) is 0 Å². The van der Waals surface area contributed by atoms with Gasteiger partial charge in [0.2, 0.25) is 0 Å². The molecule has 0 spiro atoms. The molecule has 6 aromatic rings. The van der Waals surface area contributed by atoms with Crippen LogP contribution in [0.25, 0.3) is 24.3 Å². The third-order valence-electron chi connectivity index (χ3n) is 13.2. The van der Waals surface area contributed by atoms with Gasteiger partial charge in [0.15, 0.2) is 0 Å². The van der Waals surface area contributed by atoms with E-state index in [1.165, 1.54) is 70.2 Å². The number of aromatic carboxylic acids is 2. The molecule has 0 radical (unpaired) electrons. The van der Waals surface area contributed by atoms with Crippen molar-refractivity contribution >= 4 is 36.2 Å². The van der Waals surface area contributed by atoms with Crippen molar-refractivity contribution < 1.29 is 19.8 Å². The van der Waals surface area contributed by atoms with E-state index in [0.717, 1.165) is 11.1 Å². The summed E-state index contributed by atoms with van der Waals surface area (Å²) in [5, 5.41) is 27.1. The van der Waals surface area contributed by atoms with Crippen molar-refractivity contribution in [3.8, 4) is 0 Å². The second-order valence-electron chi connectivity index (χ2n) is 19.7. The Kier molecular flexibility index (Phi) is 12.2. The van der Waals surface area contributed by atoms with Crippen LogP contribution in [0, 0.1) is 0 Å². The number of aromatic nitrogens is 4. The van der Waals surface area contributed by atoms with Crippen molar-refractivity contribution in [2.45, 2.75) is 116 Å². The molecule has 8 rings (SSSR count). The first-order valence-corrected chi connectivity index (χ1v) is 21.6. The lowest BCUT2D eigenvalue weighted by atomic mass is 9.62. The average Bonchev–Trinajstić information content (AvgIpc) is 3.96. The first-order valence-electron chi connectivity index (χ1n) is 21.6. The van der Waals surface area contributed by atoms with Gasteiger partial charge in [-0.3, -0.25) is 9.36 Å². The van der Waals surface area contributed by atoms with E-state index < -0.39 is 11.9 Å². The van der Waals surface area contributed by atoms with Gasteiger partial charge in [0, 0.05) is 24.8 Å². The van der Waals surface area contributed by atoms with Crippen LogP contribution in [0.1, 0.15) is 157 Å². The van der Waals surface area contributed by atoms with Crippen LogP contribution in [-0.4, -0.2) is 41.7 Å². The number of hydrogen-bond acceptors (Lipinski definition) is 4. The van der Waals surface area contributed by atoms with Crippen molar-refractivity contribution in [2.75, 3.05) is 0 Å². The van der Waals surface area contributed by atoms with Gasteiger partial charge in [-0.1, -0.05) is 128 Å². The molecular weight excluding hydrogens is 769 g/mol. The number of carbonyl (C=O) groups is 2. The maximum atomic E-state index is 11.1. The zero-order valence-corrected chi connectivity index (χ0v) is 37.4. The topological polar surface area (TPSA) is 110 Å². The standard InChI is InChI=1S/2C27H30N2O2/c2*1-26(2)12-13-27(3,4)24-17-22(18-29-15-5-14-28-29)21(16-23(24)26)11-8-19-6-9-20(10-7-19)25(30)31/h2*5-11,14-17H,12-13,18H2,1-4H3,(H,30,31)/b2*11-8+. The third kappa shape index (κ3) is 9.75. The SMILES string of the molecule is CC1(C)CCC(C)(C)c2cc(Cn3cccn3)c(/C=C/c3ccc(C(=O)O)cc3)cc21.CC1(C)CCC(C)(C)c2cc(Cn3cccn3)c(/C=C/c3ccc(C(=O)O)cc3)cc21. The number of benzene rings is 4. The van der Waals surface area contributed by atoms with Crippen molar-refractivity contribution in [3.63, 3.8) is 0 Å². The molecule has 0 saturated carbocycles. The van der Waals surface area contributed by atoms with E-state index in [9.17, 15) is 9.59 Å². The fourth-order valence-corrected chi connectivity index (χ4v) is 8.92. The van der Waals surface area contributed by atoms with E-state index in [2.05, 4.69) is 114 Å². The first-order chi connectivity index (χ1) is 29.3. The van der Waals surface area contributed by atoms with Gasteiger partial charge in [0.05, 0.1) is 24.2 Å². The summed E-state index contributed by atoms with van der Waals surface area (Å²) in [6, 6.07) is 27.3. The maximum Gasteiger partial charge on any atom is 0.335 e. The highest BCUT2D eigenvalue weighted by Gasteiger charge is 2.39. The van der Waals surface area contributed by atoms with Crippen molar-refractivity contribution in [1.82, 2.24) is 19.6 Å². The number of rotatable bonds is 10. The number of carboxylic acid groups (broad SMARTS) is 2. The summed E-state index contributed by atoms with van der Waals surface area (Å²) in [7, 11) is 0. The van der Waals surface area contributed by atoms with Crippen LogP contribution in [0.4, 0.5) is 0 Å². The highest BCUT2D eigenvalue weighted by Crippen LogP contribution is 2.48. The Bertz CT molecular complexity index is 2420. The Morgan fingerprint density at radius 2 is 0.839 bits per heavy atom. The molecule has 0 aliphatic heterocycles. The summed E-state index contributed by atoms with van der Waals surface area (Å²) in [5.74, 6) is -1.81. The normalized spacial score (nSPS) is 16.9. The lowest BCUT2D eigenvalue weighted by Crippen LogP contribution is -2.34. The van der Waals surface area contributed by atoms with Crippen molar-refractivity contribution in [1.29, 1.82) is 0 Å². The average molecular weight is 829 g/mol. The molecule has 0 bridgehead atoms. The Balaban J connectivity index is 0.000000186. The summed E-state index contributed by atoms with van der Waals surface area (Å²) in [6.07, 6.45) is 20.7. The third-order valence-corrected chi connectivity index (χ3v) is 13.2. The first kappa shape index (κ1) is 43.8. The van der Waals surface area contributed by atoms with Gasteiger partial charge in [-0.25, -0.2) is 9.59 Å². The van der Waals surface area contributed by atoms with Crippen LogP contribution in [0.15, 0.2) is 110 Å². The molecular formula is C54H60N4O4. The van der Waals surface area contributed by atoms with E-state index >= 15 is 0 Å². The quantitative estimate of drug-likeness (QED) is 0.133. The summed E-state index contributed by atoms with van der Waals surface area (Å²) in [6.45, 7) is 20.2. The molecule has 4 aromatic carbocycles. The summed E-state index contributed by atoms with van der Waals surface area (Å²) >= 11 is 0. The minimum absolute atomic E-state index is 0.140. The van der Waals surface area contributed by atoms with Crippen LogP contribution in [0.2, 0.25) is 0 Å². The zero-order valence-electron chi connectivity index (χ0n) is 37.4. The van der Waals surface area contributed by atoms with E-state index in [0.29, 0.717) is 24.2 Å². The van der Waals surface area contributed by atoms with Gasteiger partial charge < -0.3 is 10.2 Å². The fourth-order valence-electron chi connectivity index (χ4n) is 8.92. The molecule has 320 valence electrons. The van der Waals surface area contributed by atoms with Crippen molar-refractivity contribution in [2.24, 2.45) is 0 Å². The number of fused-ring (bicyclic) bond motifs is 2.